The highest BCUT2D eigenvalue weighted by atomic mass is 32.1. The fourth-order valence-corrected chi connectivity index (χ4v) is 4.03. The number of rotatable bonds is 5. The molecule has 0 saturated carbocycles. The maximum atomic E-state index is 12.8. The van der Waals surface area contributed by atoms with Gasteiger partial charge in [-0.1, -0.05) is 0 Å². The molecule has 11 heteroatoms. The van der Waals surface area contributed by atoms with Gasteiger partial charge in [-0.2, -0.15) is 18.3 Å². The largest absolute Gasteiger partial charge is 0.497 e. The molecule has 1 saturated heterocycles. The zero-order valence-electron chi connectivity index (χ0n) is 18.4. The van der Waals surface area contributed by atoms with Crippen molar-refractivity contribution in [2.24, 2.45) is 7.05 Å². The molecule has 3 heterocycles. The highest BCUT2D eigenvalue weighted by Crippen LogP contribution is 2.29. The summed E-state index contributed by atoms with van der Waals surface area (Å²) in [4.78, 5) is 8.29. The van der Waals surface area contributed by atoms with Gasteiger partial charge in [0.15, 0.2) is 10.6 Å². The molecule has 1 aliphatic rings. The van der Waals surface area contributed by atoms with E-state index in [-0.39, 0.29) is 0 Å². The van der Waals surface area contributed by atoms with E-state index in [1.54, 1.807) is 11.8 Å². The van der Waals surface area contributed by atoms with Crippen molar-refractivity contribution in [1.82, 2.24) is 24.2 Å². The molecule has 33 heavy (non-hydrogen) atoms. The van der Waals surface area contributed by atoms with Crippen LogP contribution in [-0.4, -0.2) is 57.5 Å². The van der Waals surface area contributed by atoms with Crippen molar-refractivity contribution in [2.75, 3.05) is 38.2 Å². The minimum absolute atomic E-state index is 0.539. The molecule has 3 aromatic rings. The monoisotopic (exact) mass is 478 g/mol. The number of benzene rings is 1. The van der Waals surface area contributed by atoms with E-state index in [0.717, 1.165) is 55.5 Å². The van der Waals surface area contributed by atoms with Crippen LogP contribution in [0.15, 0.2) is 42.6 Å². The lowest BCUT2D eigenvalue weighted by Gasteiger charge is -2.23. The van der Waals surface area contributed by atoms with Crippen LogP contribution in [0, 0.1) is 4.77 Å². The number of hydrogen-bond acceptors (Lipinski definition) is 6. The maximum absolute atomic E-state index is 12.8. The van der Waals surface area contributed by atoms with Gasteiger partial charge in [-0.05, 0) is 55.0 Å². The van der Waals surface area contributed by atoms with E-state index in [1.807, 2.05) is 40.8 Å². The molecule has 0 atom stereocenters. The number of aromatic nitrogens is 4. The van der Waals surface area contributed by atoms with Crippen LogP contribution in [0.5, 0.6) is 5.75 Å². The van der Waals surface area contributed by atoms with Crippen molar-refractivity contribution in [1.29, 1.82) is 0 Å². The second-order valence-electron chi connectivity index (χ2n) is 7.90. The third-order valence-corrected chi connectivity index (χ3v) is 6.20. The molecule has 0 bridgehead atoms. The van der Waals surface area contributed by atoms with Crippen LogP contribution in [0.25, 0.3) is 11.4 Å². The van der Waals surface area contributed by atoms with E-state index >= 15 is 0 Å². The van der Waals surface area contributed by atoms with Crippen LogP contribution in [0.1, 0.15) is 12.0 Å². The van der Waals surface area contributed by atoms with Crippen LogP contribution >= 0.6 is 12.2 Å². The highest BCUT2D eigenvalue weighted by Gasteiger charge is 2.31. The summed E-state index contributed by atoms with van der Waals surface area (Å²) in [6.07, 6.45) is -2.63. The van der Waals surface area contributed by atoms with E-state index in [1.165, 1.54) is 6.07 Å². The summed E-state index contributed by atoms with van der Waals surface area (Å²) < 4.78 is 47.9. The summed E-state index contributed by atoms with van der Waals surface area (Å²) in [5.41, 5.74) is 0.207. The molecule has 0 amide bonds. The van der Waals surface area contributed by atoms with Gasteiger partial charge in [0, 0.05) is 45.0 Å². The second-order valence-corrected chi connectivity index (χ2v) is 8.26. The van der Waals surface area contributed by atoms with E-state index in [9.17, 15) is 13.2 Å². The molecule has 7 nitrogen and oxygen atoms in total. The highest BCUT2D eigenvalue weighted by molar-refractivity contribution is 7.71. The first-order valence-corrected chi connectivity index (χ1v) is 11.0. The molecule has 0 unspecified atom stereocenters. The molecule has 1 aliphatic heterocycles. The Kier molecular flexibility index (Phi) is 6.71. The third kappa shape index (κ3) is 5.19. The smallest absolute Gasteiger partial charge is 0.417 e. The Morgan fingerprint density at radius 3 is 2.42 bits per heavy atom. The van der Waals surface area contributed by atoms with Crippen LogP contribution in [0.4, 0.5) is 19.0 Å². The van der Waals surface area contributed by atoms with E-state index in [2.05, 4.69) is 9.88 Å². The fourth-order valence-electron chi connectivity index (χ4n) is 3.84. The summed E-state index contributed by atoms with van der Waals surface area (Å²) in [5.74, 6) is 2.10. The van der Waals surface area contributed by atoms with Crippen molar-refractivity contribution in [3.8, 4) is 17.1 Å². The predicted molar refractivity (Wildman–Crippen MR) is 122 cm³/mol. The first-order chi connectivity index (χ1) is 15.8. The number of alkyl halides is 3. The summed E-state index contributed by atoms with van der Waals surface area (Å²) in [6, 6.07) is 10.2. The second kappa shape index (κ2) is 9.52. The predicted octanol–water partition coefficient (Wildman–Crippen LogP) is 4.21. The quantitative estimate of drug-likeness (QED) is 0.512. The first-order valence-electron chi connectivity index (χ1n) is 10.5. The zero-order valence-corrected chi connectivity index (χ0v) is 19.2. The van der Waals surface area contributed by atoms with E-state index < -0.39 is 11.7 Å². The molecule has 0 N–H and O–H groups in total. The Morgan fingerprint density at radius 1 is 1.03 bits per heavy atom. The molecule has 176 valence electrons. The number of ether oxygens (including phenoxy) is 1. The summed E-state index contributed by atoms with van der Waals surface area (Å²) in [6.45, 7) is 3.47. The Balaban J connectivity index is 1.43. The minimum atomic E-state index is -4.38. The summed E-state index contributed by atoms with van der Waals surface area (Å²) >= 11 is 5.61. The van der Waals surface area contributed by atoms with Crippen LogP contribution in [0.3, 0.4) is 0 Å². The molecular formula is C22H25F3N6OS. The maximum Gasteiger partial charge on any atom is 0.417 e. The topological polar surface area (TPSA) is 51.4 Å². The third-order valence-electron chi connectivity index (χ3n) is 5.71. The lowest BCUT2D eigenvalue weighted by atomic mass is 10.2. The Hall–Kier alpha value is -2.92. The zero-order chi connectivity index (χ0) is 23.6. The molecule has 0 spiro atoms. The van der Waals surface area contributed by atoms with Gasteiger partial charge in [0.25, 0.3) is 0 Å². The van der Waals surface area contributed by atoms with Gasteiger partial charge >= 0.3 is 6.18 Å². The van der Waals surface area contributed by atoms with Crippen molar-refractivity contribution in [3.05, 3.63) is 52.9 Å². The lowest BCUT2D eigenvalue weighted by Crippen LogP contribution is -2.32. The number of hydrogen-bond donors (Lipinski definition) is 0. The van der Waals surface area contributed by atoms with Crippen molar-refractivity contribution in [2.45, 2.75) is 19.3 Å². The molecule has 4 rings (SSSR count). The fraction of sp³-hybridized carbons (Fsp3) is 0.409. The minimum Gasteiger partial charge on any atom is -0.497 e. The van der Waals surface area contributed by atoms with Gasteiger partial charge < -0.3 is 14.2 Å². The molecule has 1 fully saturated rings. The number of nitrogens with zero attached hydrogens (tertiary/aromatic N) is 6. The lowest BCUT2D eigenvalue weighted by molar-refractivity contribution is -0.137. The van der Waals surface area contributed by atoms with E-state index in [0.29, 0.717) is 23.8 Å². The number of halogens is 3. The van der Waals surface area contributed by atoms with Gasteiger partial charge in [-0.25, -0.2) is 9.67 Å². The van der Waals surface area contributed by atoms with Crippen LogP contribution in [0.2, 0.25) is 0 Å². The summed E-state index contributed by atoms with van der Waals surface area (Å²) in [7, 11) is 3.52. The molecule has 2 aromatic heterocycles. The van der Waals surface area contributed by atoms with Crippen LogP contribution in [-0.2, 0) is 19.9 Å². The van der Waals surface area contributed by atoms with Gasteiger partial charge in [0.1, 0.15) is 11.6 Å². The summed E-state index contributed by atoms with van der Waals surface area (Å²) in [5, 5.41) is 4.73. The Labute approximate surface area is 195 Å². The molecular weight excluding hydrogens is 453 g/mol. The Morgan fingerprint density at radius 2 is 1.79 bits per heavy atom. The number of anilines is 1. The van der Waals surface area contributed by atoms with Gasteiger partial charge in [0.05, 0.1) is 19.3 Å². The van der Waals surface area contributed by atoms with Gasteiger partial charge in [-0.15, -0.1) is 0 Å². The van der Waals surface area contributed by atoms with Crippen molar-refractivity contribution in [3.63, 3.8) is 0 Å². The normalized spacial score (nSPS) is 15.5. The standard InChI is InChI=1S/C22H25F3N6OS/c1-28-20(16-4-7-18(32-2)8-5-16)27-31(21(28)33)15-29-10-3-11-30(13-12-29)19-9-6-17(14-26-19)22(23,24)25/h4-9,14H,3,10-13,15H2,1-2H3. The van der Waals surface area contributed by atoms with Gasteiger partial charge in [-0.3, -0.25) is 4.90 Å². The molecule has 1 aromatic carbocycles. The molecule has 0 aliphatic carbocycles. The van der Waals surface area contributed by atoms with Crippen molar-refractivity contribution >= 4 is 18.0 Å². The number of pyridine rings is 1. The van der Waals surface area contributed by atoms with Gasteiger partial charge in [0.2, 0.25) is 0 Å². The first kappa shape index (κ1) is 23.2. The average Bonchev–Trinajstić information content (AvgIpc) is 2.96. The van der Waals surface area contributed by atoms with Crippen molar-refractivity contribution < 1.29 is 17.9 Å². The average molecular weight is 479 g/mol. The number of methoxy groups -OCH3 is 1. The SMILES string of the molecule is COc1ccc(-c2nn(CN3CCCN(c4ccc(C(F)(F)F)cn4)CC3)c(=S)n2C)cc1. The molecule has 0 radical (unpaired) electrons. The van der Waals surface area contributed by atoms with Crippen LogP contribution < -0.4 is 9.64 Å². The van der Waals surface area contributed by atoms with E-state index in [4.69, 9.17) is 22.1 Å². The Bertz CT molecular complexity index is 1140.